The summed E-state index contributed by atoms with van der Waals surface area (Å²) in [5.41, 5.74) is 1.39. The minimum atomic E-state index is -0.170. The molecule has 3 nitrogen and oxygen atoms in total. The molecule has 1 N–H and O–H groups in total. The van der Waals surface area contributed by atoms with E-state index in [9.17, 15) is 4.79 Å². The zero-order chi connectivity index (χ0) is 13.1. The number of hydrogen-bond acceptors (Lipinski definition) is 2. The standard InChI is InChI=1S/C13H10Cl2N2O/c1-8-6-13(18)17-12(16-8)5-3-9-2-4-10(14)11(15)7-9/h2-7H,1H3,(H,16,17,18)/b5-3+. The molecule has 0 unspecified atom stereocenters. The zero-order valence-corrected chi connectivity index (χ0v) is 11.1. The van der Waals surface area contributed by atoms with Gasteiger partial charge in [0.25, 0.3) is 5.56 Å². The summed E-state index contributed by atoms with van der Waals surface area (Å²) < 4.78 is 0. The van der Waals surface area contributed by atoms with E-state index in [1.165, 1.54) is 6.07 Å². The van der Waals surface area contributed by atoms with Crippen molar-refractivity contribution in [1.82, 2.24) is 9.97 Å². The topological polar surface area (TPSA) is 45.8 Å². The lowest BCUT2D eigenvalue weighted by molar-refractivity contribution is 1.04. The Labute approximate surface area is 114 Å². The summed E-state index contributed by atoms with van der Waals surface area (Å²) >= 11 is 11.7. The Balaban J connectivity index is 2.29. The summed E-state index contributed by atoms with van der Waals surface area (Å²) in [5, 5.41) is 1.00. The molecule has 0 bridgehead atoms. The predicted octanol–water partition coefficient (Wildman–Crippen LogP) is 3.56. The summed E-state index contributed by atoms with van der Waals surface area (Å²) in [6, 6.07) is 6.74. The summed E-state index contributed by atoms with van der Waals surface area (Å²) in [7, 11) is 0. The monoisotopic (exact) mass is 280 g/mol. The quantitative estimate of drug-likeness (QED) is 0.914. The van der Waals surface area contributed by atoms with Gasteiger partial charge in [-0.15, -0.1) is 0 Å². The summed E-state index contributed by atoms with van der Waals surface area (Å²) in [4.78, 5) is 18.1. The van der Waals surface area contributed by atoms with E-state index in [-0.39, 0.29) is 5.56 Å². The third-order valence-electron chi connectivity index (χ3n) is 2.27. The van der Waals surface area contributed by atoms with Crippen molar-refractivity contribution in [1.29, 1.82) is 0 Å². The molecule has 0 atom stereocenters. The van der Waals surface area contributed by atoms with Gasteiger partial charge in [0.2, 0.25) is 0 Å². The second-order valence-electron chi connectivity index (χ2n) is 3.78. The van der Waals surface area contributed by atoms with Crippen molar-refractivity contribution in [2.45, 2.75) is 6.92 Å². The fourth-order valence-electron chi connectivity index (χ4n) is 1.47. The van der Waals surface area contributed by atoms with E-state index in [0.717, 1.165) is 5.56 Å². The minimum Gasteiger partial charge on any atom is -0.307 e. The number of benzene rings is 1. The van der Waals surface area contributed by atoms with E-state index < -0.39 is 0 Å². The van der Waals surface area contributed by atoms with Gasteiger partial charge in [-0.1, -0.05) is 35.3 Å². The number of aromatic nitrogens is 2. The first-order valence-electron chi connectivity index (χ1n) is 5.26. The van der Waals surface area contributed by atoms with E-state index >= 15 is 0 Å². The van der Waals surface area contributed by atoms with Crippen LogP contribution in [0.15, 0.2) is 29.1 Å². The molecule has 5 heteroatoms. The third kappa shape index (κ3) is 3.22. The van der Waals surface area contributed by atoms with Crippen molar-refractivity contribution in [3.05, 3.63) is 61.7 Å². The molecule has 0 fully saturated rings. The van der Waals surface area contributed by atoms with E-state index in [0.29, 0.717) is 21.6 Å². The van der Waals surface area contributed by atoms with Crippen LogP contribution in [0.1, 0.15) is 17.1 Å². The van der Waals surface area contributed by atoms with Crippen LogP contribution in [-0.2, 0) is 0 Å². The van der Waals surface area contributed by atoms with E-state index in [1.807, 2.05) is 6.07 Å². The lowest BCUT2D eigenvalue weighted by Gasteiger charge is -1.98. The molecule has 2 rings (SSSR count). The number of nitrogens with zero attached hydrogens (tertiary/aromatic N) is 1. The number of nitrogens with one attached hydrogen (secondary N) is 1. The lowest BCUT2D eigenvalue weighted by Crippen LogP contribution is -2.08. The normalized spacial score (nSPS) is 11.1. The van der Waals surface area contributed by atoms with Gasteiger partial charge in [0.15, 0.2) is 0 Å². The van der Waals surface area contributed by atoms with Gasteiger partial charge in [-0.3, -0.25) is 4.79 Å². The third-order valence-corrected chi connectivity index (χ3v) is 3.00. The molecule has 92 valence electrons. The van der Waals surface area contributed by atoms with Gasteiger partial charge < -0.3 is 4.98 Å². The fraction of sp³-hybridized carbons (Fsp3) is 0.0769. The van der Waals surface area contributed by atoms with E-state index in [2.05, 4.69) is 9.97 Å². The van der Waals surface area contributed by atoms with Gasteiger partial charge in [0, 0.05) is 11.8 Å². The molecule has 1 aromatic heterocycles. The number of hydrogen-bond donors (Lipinski definition) is 1. The molecule has 0 spiro atoms. The van der Waals surface area contributed by atoms with Crippen LogP contribution in [0.5, 0.6) is 0 Å². The Kier molecular flexibility index (Phi) is 3.84. The molecule has 0 aliphatic heterocycles. The van der Waals surface area contributed by atoms with Crippen molar-refractivity contribution >= 4 is 35.4 Å². The molecule has 2 aromatic rings. The first-order valence-corrected chi connectivity index (χ1v) is 6.01. The second kappa shape index (κ2) is 5.38. The molecular formula is C13H10Cl2N2O. The van der Waals surface area contributed by atoms with Crippen LogP contribution in [-0.4, -0.2) is 9.97 Å². The van der Waals surface area contributed by atoms with Gasteiger partial charge >= 0.3 is 0 Å². The number of rotatable bonds is 2. The Morgan fingerprint density at radius 2 is 1.94 bits per heavy atom. The van der Waals surface area contributed by atoms with Crippen LogP contribution in [0.4, 0.5) is 0 Å². The second-order valence-corrected chi connectivity index (χ2v) is 4.59. The highest BCUT2D eigenvalue weighted by atomic mass is 35.5. The first kappa shape index (κ1) is 12.9. The van der Waals surface area contributed by atoms with Gasteiger partial charge in [0.05, 0.1) is 10.0 Å². The molecule has 1 aromatic carbocycles. The maximum Gasteiger partial charge on any atom is 0.251 e. The van der Waals surface area contributed by atoms with Gasteiger partial charge in [-0.25, -0.2) is 4.98 Å². The van der Waals surface area contributed by atoms with Gasteiger partial charge in [0.1, 0.15) is 5.82 Å². The highest BCUT2D eigenvalue weighted by Gasteiger charge is 1.97. The first-order chi connectivity index (χ1) is 8.54. The highest BCUT2D eigenvalue weighted by molar-refractivity contribution is 6.42. The van der Waals surface area contributed by atoms with Crippen molar-refractivity contribution in [3.8, 4) is 0 Å². The zero-order valence-electron chi connectivity index (χ0n) is 9.58. The maximum absolute atomic E-state index is 11.3. The van der Waals surface area contributed by atoms with Crippen LogP contribution in [0.2, 0.25) is 10.0 Å². The van der Waals surface area contributed by atoms with Crippen LogP contribution in [0, 0.1) is 6.92 Å². The number of H-pyrrole nitrogens is 1. The smallest absolute Gasteiger partial charge is 0.251 e. The van der Waals surface area contributed by atoms with Crippen LogP contribution in [0.25, 0.3) is 12.2 Å². The fourth-order valence-corrected chi connectivity index (χ4v) is 1.78. The predicted molar refractivity (Wildman–Crippen MR) is 75.0 cm³/mol. The number of halogens is 2. The SMILES string of the molecule is Cc1cc(=O)[nH]c(/C=C/c2ccc(Cl)c(Cl)c2)n1. The molecule has 18 heavy (non-hydrogen) atoms. The molecule has 0 saturated carbocycles. The van der Waals surface area contributed by atoms with Crippen molar-refractivity contribution < 1.29 is 0 Å². The number of aryl methyl sites for hydroxylation is 1. The maximum atomic E-state index is 11.3. The van der Waals surface area contributed by atoms with Crippen LogP contribution in [0.3, 0.4) is 0 Å². The Hall–Kier alpha value is -1.58. The number of aromatic amines is 1. The Bertz CT molecular complexity index is 662. The molecular weight excluding hydrogens is 271 g/mol. The highest BCUT2D eigenvalue weighted by Crippen LogP contribution is 2.23. The van der Waals surface area contributed by atoms with E-state index in [1.54, 1.807) is 31.2 Å². The average Bonchev–Trinajstić information content (AvgIpc) is 2.29. The molecule has 0 aliphatic carbocycles. The average molecular weight is 281 g/mol. The minimum absolute atomic E-state index is 0.170. The van der Waals surface area contributed by atoms with Gasteiger partial charge in [-0.2, -0.15) is 0 Å². The van der Waals surface area contributed by atoms with Crippen molar-refractivity contribution in [2.24, 2.45) is 0 Å². The molecule has 0 amide bonds. The lowest BCUT2D eigenvalue weighted by atomic mass is 10.2. The molecule has 0 radical (unpaired) electrons. The van der Waals surface area contributed by atoms with Crippen molar-refractivity contribution in [2.75, 3.05) is 0 Å². The summed E-state index contributed by atoms with van der Waals surface area (Å²) in [6.45, 7) is 1.77. The van der Waals surface area contributed by atoms with Crippen molar-refractivity contribution in [3.63, 3.8) is 0 Å². The Morgan fingerprint density at radius 1 is 1.17 bits per heavy atom. The Morgan fingerprint density at radius 3 is 2.61 bits per heavy atom. The van der Waals surface area contributed by atoms with Crippen LogP contribution >= 0.6 is 23.2 Å². The molecule has 1 heterocycles. The summed E-state index contributed by atoms with van der Waals surface area (Å²) in [6.07, 6.45) is 3.52. The molecule has 0 aliphatic rings. The largest absolute Gasteiger partial charge is 0.307 e. The summed E-state index contributed by atoms with van der Waals surface area (Å²) in [5.74, 6) is 0.506. The van der Waals surface area contributed by atoms with Crippen LogP contribution < -0.4 is 5.56 Å². The molecule has 0 saturated heterocycles. The van der Waals surface area contributed by atoms with Gasteiger partial charge in [-0.05, 0) is 30.7 Å². The van der Waals surface area contributed by atoms with E-state index in [4.69, 9.17) is 23.2 Å².